The number of carbonyl (C=O) groups excluding carboxylic acids is 1. The van der Waals surface area contributed by atoms with Gasteiger partial charge < -0.3 is 15.3 Å². The quantitative estimate of drug-likeness (QED) is 0.868. The molecule has 0 radical (unpaired) electrons. The van der Waals surface area contributed by atoms with Gasteiger partial charge in [0, 0.05) is 19.3 Å². The Balaban J connectivity index is 1.50. The van der Waals surface area contributed by atoms with Gasteiger partial charge in [-0.05, 0) is 44.0 Å². The Morgan fingerprint density at radius 1 is 1.43 bits per heavy atom. The Morgan fingerprint density at radius 3 is 3.00 bits per heavy atom. The summed E-state index contributed by atoms with van der Waals surface area (Å²) in [7, 11) is 0. The maximum atomic E-state index is 12.3. The Labute approximate surface area is 136 Å². The van der Waals surface area contributed by atoms with Crippen LogP contribution in [0.4, 0.5) is 0 Å². The fourth-order valence-electron chi connectivity index (χ4n) is 3.01. The Kier molecular flexibility index (Phi) is 4.93. The van der Waals surface area contributed by atoms with Gasteiger partial charge in [-0.1, -0.05) is 13.0 Å². The number of aliphatic hydroxyl groups is 1. The summed E-state index contributed by atoms with van der Waals surface area (Å²) in [6.07, 6.45) is 5.18. The lowest BCUT2D eigenvalue weighted by molar-refractivity contribution is 0.0792. The number of hydrogen-bond donors (Lipinski definition) is 2. The van der Waals surface area contributed by atoms with Crippen molar-refractivity contribution in [2.45, 2.75) is 25.9 Å². The van der Waals surface area contributed by atoms with Crippen LogP contribution < -0.4 is 5.32 Å². The Bertz CT molecular complexity index is 661. The molecule has 1 aliphatic heterocycles. The molecular weight excluding hydrogens is 292 g/mol. The first kappa shape index (κ1) is 16.0. The fourth-order valence-corrected chi connectivity index (χ4v) is 3.01. The molecule has 124 valence electrons. The number of aromatic nitrogens is 2. The molecule has 1 fully saturated rings. The van der Waals surface area contributed by atoms with E-state index in [0.29, 0.717) is 12.2 Å². The standard InChI is InChI=1S/C17H24N4O2/c1-13-5-8-20(9-6-13)12-14(22)10-19-17(23)15-11-18-16-4-2-3-7-21(15)16/h2-4,7,11,13-14,22H,5-6,8-10,12H2,1H3,(H,19,23). The van der Waals surface area contributed by atoms with Crippen LogP contribution in [0, 0.1) is 5.92 Å². The minimum atomic E-state index is -0.549. The van der Waals surface area contributed by atoms with Crippen LogP contribution in [0.3, 0.4) is 0 Å². The van der Waals surface area contributed by atoms with Gasteiger partial charge in [-0.15, -0.1) is 0 Å². The summed E-state index contributed by atoms with van der Waals surface area (Å²) in [5, 5.41) is 12.9. The van der Waals surface area contributed by atoms with Crippen molar-refractivity contribution in [1.82, 2.24) is 19.6 Å². The topological polar surface area (TPSA) is 69.9 Å². The van der Waals surface area contributed by atoms with Crippen LogP contribution in [0.2, 0.25) is 0 Å². The zero-order valence-electron chi connectivity index (χ0n) is 13.5. The second kappa shape index (κ2) is 7.10. The fraction of sp³-hybridized carbons (Fsp3) is 0.529. The van der Waals surface area contributed by atoms with E-state index in [4.69, 9.17) is 0 Å². The number of carbonyl (C=O) groups is 1. The number of hydrogen-bond acceptors (Lipinski definition) is 4. The van der Waals surface area contributed by atoms with Crippen LogP contribution in [0.25, 0.3) is 5.65 Å². The molecule has 1 atom stereocenters. The summed E-state index contributed by atoms with van der Waals surface area (Å²) in [6, 6.07) is 5.59. The monoisotopic (exact) mass is 316 g/mol. The highest BCUT2D eigenvalue weighted by Gasteiger charge is 2.19. The zero-order chi connectivity index (χ0) is 16.2. The van der Waals surface area contributed by atoms with Gasteiger partial charge in [-0.3, -0.25) is 9.20 Å². The van der Waals surface area contributed by atoms with Crippen molar-refractivity contribution < 1.29 is 9.90 Å². The maximum absolute atomic E-state index is 12.3. The Morgan fingerprint density at radius 2 is 2.22 bits per heavy atom. The third kappa shape index (κ3) is 3.89. The number of piperidine rings is 1. The van der Waals surface area contributed by atoms with Crippen LogP contribution in [-0.4, -0.2) is 57.6 Å². The van der Waals surface area contributed by atoms with Crippen molar-refractivity contribution in [2.24, 2.45) is 5.92 Å². The van der Waals surface area contributed by atoms with Gasteiger partial charge in [0.2, 0.25) is 0 Å². The van der Waals surface area contributed by atoms with E-state index in [1.165, 1.54) is 12.8 Å². The van der Waals surface area contributed by atoms with Crippen molar-refractivity contribution in [1.29, 1.82) is 0 Å². The lowest BCUT2D eigenvalue weighted by atomic mass is 9.99. The number of β-amino-alcohol motifs (C(OH)–C–C–N with tert-alkyl or cyclic N) is 1. The maximum Gasteiger partial charge on any atom is 0.270 e. The van der Waals surface area contributed by atoms with E-state index in [9.17, 15) is 9.90 Å². The van der Waals surface area contributed by atoms with Crippen molar-refractivity contribution in [3.05, 3.63) is 36.3 Å². The number of fused-ring (bicyclic) bond motifs is 1. The molecule has 2 aromatic rings. The van der Waals surface area contributed by atoms with E-state index in [0.717, 1.165) is 24.7 Å². The molecule has 0 spiro atoms. The van der Waals surface area contributed by atoms with Crippen LogP contribution in [0.5, 0.6) is 0 Å². The molecule has 1 aliphatic rings. The molecule has 0 aliphatic carbocycles. The van der Waals surface area contributed by atoms with Gasteiger partial charge in [0.1, 0.15) is 11.3 Å². The van der Waals surface area contributed by atoms with E-state index >= 15 is 0 Å². The van der Waals surface area contributed by atoms with Crippen LogP contribution in [0.1, 0.15) is 30.3 Å². The second-order valence-corrected chi connectivity index (χ2v) is 6.42. The number of likely N-dealkylation sites (tertiary alicyclic amines) is 1. The number of amides is 1. The van der Waals surface area contributed by atoms with Crippen molar-refractivity contribution in [2.75, 3.05) is 26.2 Å². The first-order valence-electron chi connectivity index (χ1n) is 8.24. The number of pyridine rings is 1. The van der Waals surface area contributed by atoms with E-state index in [-0.39, 0.29) is 12.5 Å². The number of rotatable bonds is 5. The van der Waals surface area contributed by atoms with Gasteiger partial charge in [0.05, 0.1) is 12.3 Å². The molecule has 2 aromatic heterocycles. The normalized spacial score (nSPS) is 18.2. The van der Waals surface area contributed by atoms with Crippen molar-refractivity contribution in [3.63, 3.8) is 0 Å². The second-order valence-electron chi connectivity index (χ2n) is 6.42. The molecule has 6 nitrogen and oxygen atoms in total. The highest BCUT2D eigenvalue weighted by molar-refractivity contribution is 5.93. The highest BCUT2D eigenvalue weighted by Crippen LogP contribution is 2.15. The van der Waals surface area contributed by atoms with Gasteiger partial charge in [-0.2, -0.15) is 0 Å². The van der Waals surface area contributed by atoms with Crippen LogP contribution in [-0.2, 0) is 0 Å². The van der Waals surface area contributed by atoms with Crippen molar-refractivity contribution in [3.8, 4) is 0 Å². The SMILES string of the molecule is CC1CCN(CC(O)CNC(=O)c2cnc3ccccn23)CC1. The predicted octanol–water partition coefficient (Wildman–Crippen LogP) is 1.16. The summed E-state index contributed by atoms with van der Waals surface area (Å²) in [5.41, 5.74) is 1.22. The van der Waals surface area contributed by atoms with Gasteiger partial charge in [-0.25, -0.2) is 4.98 Å². The lowest BCUT2D eigenvalue weighted by Gasteiger charge is -2.31. The number of nitrogens with zero attached hydrogens (tertiary/aromatic N) is 3. The minimum absolute atomic E-state index is 0.213. The van der Waals surface area contributed by atoms with E-state index < -0.39 is 6.10 Å². The summed E-state index contributed by atoms with van der Waals surface area (Å²) in [5.74, 6) is 0.563. The smallest absolute Gasteiger partial charge is 0.270 e. The summed E-state index contributed by atoms with van der Waals surface area (Å²) < 4.78 is 1.74. The van der Waals surface area contributed by atoms with Crippen LogP contribution >= 0.6 is 0 Å². The van der Waals surface area contributed by atoms with Gasteiger partial charge in [0.25, 0.3) is 5.91 Å². The molecule has 3 rings (SSSR count). The molecule has 2 N–H and O–H groups in total. The van der Waals surface area contributed by atoms with E-state index in [1.807, 2.05) is 24.4 Å². The molecule has 1 amide bonds. The van der Waals surface area contributed by atoms with E-state index in [1.54, 1.807) is 10.6 Å². The summed E-state index contributed by atoms with van der Waals surface area (Å²) in [6.45, 7) is 5.19. The molecule has 6 heteroatoms. The molecule has 0 saturated carbocycles. The van der Waals surface area contributed by atoms with Gasteiger partial charge >= 0.3 is 0 Å². The van der Waals surface area contributed by atoms with Crippen LogP contribution in [0.15, 0.2) is 30.6 Å². The summed E-state index contributed by atoms with van der Waals surface area (Å²) in [4.78, 5) is 18.7. The molecule has 23 heavy (non-hydrogen) atoms. The minimum Gasteiger partial charge on any atom is -0.390 e. The third-order valence-corrected chi connectivity index (χ3v) is 4.49. The number of nitrogens with one attached hydrogen (secondary N) is 1. The Hall–Kier alpha value is -1.92. The summed E-state index contributed by atoms with van der Waals surface area (Å²) >= 11 is 0. The zero-order valence-corrected chi connectivity index (χ0v) is 13.5. The first-order chi connectivity index (χ1) is 11.1. The molecule has 0 bridgehead atoms. The van der Waals surface area contributed by atoms with Crippen molar-refractivity contribution >= 4 is 11.6 Å². The first-order valence-corrected chi connectivity index (χ1v) is 8.24. The van der Waals surface area contributed by atoms with Gasteiger partial charge in [0.15, 0.2) is 0 Å². The molecule has 0 aromatic carbocycles. The number of aliphatic hydroxyl groups excluding tert-OH is 1. The average molecular weight is 316 g/mol. The average Bonchev–Trinajstić information content (AvgIpc) is 2.99. The molecule has 1 unspecified atom stereocenters. The number of imidazole rings is 1. The molecule has 3 heterocycles. The molecular formula is C17H24N4O2. The predicted molar refractivity (Wildman–Crippen MR) is 88.4 cm³/mol. The largest absolute Gasteiger partial charge is 0.390 e. The van der Waals surface area contributed by atoms with E-state index in [2.05, 4.69) is 22.1 Å². The third-order valence-electron chi connectivity index (χ3n) is 4.49. The highest BCUT2D eigenvalue weighted by atomic mass is 16.3. The lowest BCUT2D eigenvalue weighted by Crippen LogP contribution is -2.43. The molecule has 1 saturated heterocycles.